The van der Waals surface area contributed by atoms with Gasteiger partial charge in [0.25, 0.3) is 0 Å². The predicted molar refractivity (Wildman–Crippen MR) is 69.4 cm³/mol. The minimum Gasteiger partial charge on any atom is -0.375 e. The van der Waals surface area contributed by atoms with Crippen molar-refractivity contribution in [1.29, 1.82) is 0 Å². The Morgan fingerprint density at radius 2 is 2.00 bits per heavy atom. The highest BCUT2D eigenvalue weighted by molar-refractivity contribution is 5.89. The third-order valence-electron chi connectivity index (χ3n) is 4.39. The lowest BCUT2D eigenvalue weighted by atomic mass is 10.0. The standard InChI is InChI=1S/C14H22N2O3/c1-9-8-19-10(2)6-15(9)14(18)11-5-13(17)16(7-11)12-3-4-12/h9-12H,3-8H2,1-2H3. The van der Waals surface area contributed by atoms with Crippen LogP contribution in [0.15, 0.2) is 0 Å². The van der Waals surface area contributed by atoms with Crippen molar-refractivity contribution in [1.82, 2.24) is 9.80 Å². The van der Waals surface area contributed by atoms with Crippen molar-refractivity contribution in [2.75, 3.05) is 19.7 Å². The van der Waals surface area contributed by atoms with Crippen molar-refractivity contribution in [2.24, 2.45) is 5.92 Å². The van der Waals surface area contributed by atoms with Crippen LogP contribution in [0, 0.1) is 5.92 Å². The molecule has 0 aromatic heterocycles. The lowest BCUT2D eigenvalue weighted by molar-refractivity contribution is -0.147. The predicted octanol–water partition coefficient (Wildman–Crippen LogP) is 0.633. The van der Waals surface area contributed by atoms with Gasteiger partial charge in [0.2, 0.25) is 11.8 Å². The van der Waals surface area contributed by atoms with E-state index in [0.717, 1.165) is 12.8 Å². The number of amides is 2. The molecule has 1 aliphatic carbocycles. The van der Waals surface area contributed by atoms with E-state index in [4.69, 9.17) is 4.74 Å². The zero-order valence-electron chi connectivity index (χ0n) is 11.7. The summed E-state index contributed by atoms with van der Waals surface area (Å²) in [6.45, 7) is 5.87. The number of likely N-dealkylation sites (tertiary alicyclic amines) is 1. The minimum absolute atomic E-state index is 0.0942. The summed E-state index contributed by atoms with van der Waals surface area (Å²) in [7, 11) is 0. The third kappa shape index (κ3) is 2.48. The Morgan fingerprint density at radius 3 is 2.68 bits per heavy atom. The number of ether oxygens (including phenoxy) is 1. The zero-order chi connectivity index (χ0) is 13.6. The molecule has 3 unspecified atom stereocenters. The van der Waals surface area contributed by atoms with Crippen molar-refractivity contribution in [3.05, 3.63) is 0 Å². The molecule has 0 N–H and O–H groups in total. The first-order chi connectivity index (χ1) is 9.06. The molecule has 3 atom stereocenters. The normalized spacial score (nSPS) is 35.9. The Morgan fingerprint density at radius 1 is 1.26 bits per heavy atom. The van der Waals surface area contributed by atoms with Gasteiger partial charge in [-0.3, -0.25) is 9.59 Å². The maximum atomic E-state index is 12.6. The number of hydrogen-bond donors (Lipinski definition) is 0. The summed E-state index contributed by atoms with van der Waals surface area (Å²) in [4.78, 5) is 28.3. The van der Waals surface area contributed by atoms with Crippen LogP contribution in [0.25, 0.3) is 0 Å². The van der Waals surface area contributed by atoms with E-state index in [2.05, 4.69) is 0 Å². The highest BCUT2D eigenvalue weighted by atomic mass is 16.5. The summed E-state index contributed by atoms with van der Waals surface area (Å²) in [5.74, 6) is 0.162. The van der Waals surface area contributed by atoms with Crippen LogP contribution in [0.3, 0.4) is 0 Å². The van der Waals surface area contributed by atoms with Crippen LogP contribution in [-0.2, 0) is 14.3 Å². The first-order valence-electron chi connectivity index (χ1n) is 7.28. The molecule has 0 radical (unpaired) electrons. The van der Waals surface area contributed by atoms with Crippen molar-refractivity contribution in [3.8, 4) is 0 Å². The second-order valence-electron chi connectivity index (χ2n) is 6.16. The van der Waals surface area contributed by atoms with Crippen molar-refractivity contribution in [3.63, 3.8) is 0 Å². The van der Waals surface area contributed by atoms with Crippen molar-refractivity contribution >= 4 is 11.8 Å². The van der Waals surface area contributed by atoms with Gasteiger partial charge in [-0.25, -0.2) is 0 Å². The topological polar surface area (TPSA) is 49.9 Å². The Labute approximate surface area is 113 Å². The molecule has 2 aliphatic heterocycles. The lowest BCUT2D eigenvalue weighted by Gasteiger charge is -2.38. The van der Waals surface area contributed by atoms with Gasteiger partial charge in [0.1, 0.15) is 0 Å². The molecule has 0 bridgehead atoms. The molecule has 106 valence electrons. The summed E-state index contributed by atoms with van der Waals surface area (Å²) >= 11 is 0. The molecule has 2 saturated heterocycles. The summed E-state index contributed by atoms with van der Waals surface area (Å²) < 4.78 is 5.55. The second kappa shape index (κ2) is 4.78. The monoisotopic (exact) mass is 266 g/mol. The summed E-state index contributed by atoms with van der Waals surface area (Å²) in [6.07, 6.45) is 2.71. The van der Waals surface area contributed by atoms with Crippen LogP contribution >= 0.6 is 0 Å². The Hall–Kier alpha value is -1.10. The molecule has 3 aliphatic rings. The van der Waals surface area contributed by atoms with Gasteiger partial charge in [-0.2, -0.15) is 0 Å². The van der Waals surface area contributed by atoms with E-state index in [9.17, 15) is 9.59 Å². The maximum Gasteiger partial charge on any atom is 0.228 e. The molecule has 0 aromatic rings. The molecule has 2 amide bonds. The van der Waals surface area contributed by atoms with Crippen LogP contribution in [-0.4, -0.2) is 59.5 Å². The number of hydrogen-bond acceptors (Lipinski definition) is 3. The average Bonchev–Trinajstić information content (AvgIpc) is 3.15. The van der Waals surface area contributed by atoms with Crippen LogP contribution < -0.4 is 0 Å². The molecule has 19 heavy (non-hydrogen) atoms. The first-order valence-corrected chi connectivity index (χ1v) is 7.28. The van der Waals surface area contributed by atoms with Crippen LogP contribution in [0.1, 0.15) is 33.1 Å². The Bertz CT molecular complexity index is 394. The molecular formula is C14H22N2O3. The SMILES string of the molecule is CC1CN(C(=O)C2CC(=O)N(C3CC3)C2)C(C)CO1. The highest BCUT2D eigenvalue weighted by Crippen LogP contribution is 2.33. The minimum atomic E-state index is -0.138. The molecule has 5 heteroatoms. The molecular weight excluding hydrogens is 244 g/mol. The second-order valence-corrected chi connectivity index (χ2v) is 6.16. The average molecular weight is 266 g/mol. The van der Waals surface area contributed by atoms with Crippen LogP contribution in [0.5, 0.6) is 0 Å². The first kappa shape index (κ1) is 12.9. The van der Waals surface area contributed by atoms with E-state index < -0.39 is 0 Å². The van der Waals surface area contributed by atoms with Gasteiger partial charge < -0.3 is 14.5 Å². The van der Waals surface area contributed by atoms with Crippen LogP contribution in [0.2, 0.25) is 0 Å². The van der Waals surface area contributed by atoms with Gasteiger partial charge in [-0.05, 0) is 26.7 Å². The molecule has 1 saturated carbocycles. The summed E-state index contributed by atoms with van der Waals surface area (Å²) in [5.41, 5.74) is 0. The van der Waals surface area contributed by atoms with E-state index in [1.807, 2.05) is 23.6 Å². The molecule has 3 fully saturated rings. The van der Waals surface area contributed by atoms with Gasteiger partial charge in [0.05, 0.1) is 24.7 Å². The van der Waals surface area contributed by atoms with Crippen molar-refractivity contribution in [2.45, 2.75) is 51.3 Å². The van der Waals surface area contributed by atoms with Gasteiger partial charge in [-0.1, -0.05) is 0 Å². The summed E-state index contributed by atoms with van der Waals surface area (Å²) in [6, 6.07) is 0.542. The lowest BCUT2D eigenvalue weighted by Crippen LogP contribution is -2.52. The largest absolute Gasteiger partial charge is 0.375 e. The fourth-order valence-corrected chi connectivity index (χ4v) is 3.08. The van der Waals surface area contributed by atoms with Crippen molar-refractivity contribution < 1.29 is 14.3 Å². The fourth-order valence-electron chi connectivity index (χ4n) is 3.08. The molecule has 0 aromatic carbocycles. The van der Waals surface area contributed by atoms with Gasteiger partial charge in [0.15, 0.2) is 0 Å². The third-order valence-corrected chi connectivity index (χ3v) is 4.39. The highest BCUT2D eigenvalue weighted by Gasteiger charge is 2.43. The van der Waals surface area contributed by atoms with Gasteiger partial charge >= 0.3 is 0 Å². The zero-order valence-corrected chi connectivity index (χ0v) is 11.7. The van der Waals surface area contributed by atoms with E-state index in [-0.39, 0.29) is 29.9 Å². The number of rotatable bonds is 2. The number of carbonyl (C=O) groups excluding carboxylic acids is 2. The smallest absolute Gasteiger partial charge is 0.228 e. The molecule has 0 spiro atoms. The summed E-state index contributed by atoms with van der Waals surface area (Å²) in [5, 5.41) is 0. The Balaban J connectivity index is 1.65. The fraction of sp³-hybridized carbons (Fsp3) is 0.857. The number of carbonyl (C=O) groups is 2. The van der Waals surface area contributed by atoms with E-state index in [1.165, 1.54) is 0 Å². The number of nitrogens with zero attached hydrogens (tertiary/aromatic N) is 2. The van der Waals surface area contributed by atoms with E-state index in [1.54, 1.807) is 0 Å². The van der Waals surface area contributed by atoms with Crippen LogP contribution in [0.4, 0.5) is 0 Å². The maximum absolute atomic E-state index is 12.6. The Kier molecular flexibility index (Phi) is 3.25. The van der Waals surface area contributed by atoms with Gasteiger partial charge in [0, 0.05) is 25.6 Å². The number of morpholine rings is 1. The quantitative estimate of drug-likeness (QED) is 0.737. The molecule has 2 heterocycles. The van der Waals surface area contributed by atoms with E-state index >= 15 is 0 Å². The van der Waals surface area contributed by atoms with E-state index in [0.29, 0.717) is 32.2 Å². The van der Waals surface area contributed by atoms with Gasteiger partial charge in [-0.15, -0.1) is 0 Å². The molecule has 3 rings (SSSR count). The molecule has 5 nitrogen and oxygen atoms in total.